The van der Waals surface area contributed by atoms with Crippen LogP contribution in [0.2, 0.25) is 0 Å². The topological polar surface area (TPSA) is 87.7 Å². The maximum absolute atomic E-state index is 12.3. The normalized spacial score (nSPS) is 13.2. The predicted octanol–water partition coefficient (Wildman–Crippen LogP) is 2.42. The number of nitrogens with two attached hydrogens (primary N) is 1. The van der Waals surface area contributed by atoms with E-state index in [1.165, 1.54) is 19.1 Å². The zero-order valence-corrected chi connectivity index (χ0v) is 10.4. The Balaban J connectivity index is 2.83. The number of amides is 1. The number of nitrogens with one attached hydrogen (secondary N) is 1. The molecule has 1 rings (SSSR count). The van der Waals surface area contributed by atoms with Crippen LogP contribution in [0.5, 0.6) is 0 Å². The van der Waals surface area contributed by atoms with E-state index >= 15 is 0 Å². The van der Waals surface area contributed by atoms with Crippen molar-refractivity contribution in [1.29, 1.82) is 0 Å². The second-order valence-corrected chi connectivity index (χ2v) is 3.79. The minimum Gasteiger partial charge on any atom is -0.515 e. The molecule has 0 saturated carbocycles. The van der Waals surface area contributed by atoms with E-state index in [4.69, 9.17) is 10.8 Å². The van der Waals surface area contributed by atoms with Gasteiger partial charge in [0.2, 0.25) is 0 Å². The monoisotopic (exact) mass is 287 g/mol. The van der Waals surface area contributed by atoms with Gasteiger partial charge in [0.25, 0.3) is 5.91 Å². The summed E-state index contributed by atoms with van der Waals surface area (Å²) in [7, 11) is 0. The lowest BCUT2D eigenvalue weighted by molar-refractivity contribution is -0.137. The number of carbonyl (C=O) groups is 1. The highest BCUT2D eigenvalue weighted by Gasteiger charge is 2.29. The molecule has 0 aliphatic heterocycles. The van der Waals surface area contributed by atoms with E-state index in [1.54, 1.807) is 0 Å². The van der Waals surface area contributed by atoms with Crippen molar-refractivity contribution < 1.29 is 23.1 Å². The number of anilines is 1. The highest BCUT2D eigenvalue weighted by Crippen LogP contribution is 2.29. The molecule has 0 heterocycles. The molecular formula is C12H12F3N3O2. The van der Waals surface area contributed by atoms with Gasteiger partial charge in [-0.2, -0.15) is 18.3 Å². The van der Waals surface area contributed by atoms with Crippen LogP contribution in [0.1, 0.15) is 12.5 Å². The summed E-state index contributed by atoms with van der Waals surface area (Å²) in [5, 5.41) is 12.5. The molecule has 0 unspecified atom stereocenters. The van der Waals surface area contributed by atoms with E-state index in [9.17, 15) is 18.0 Å². The van der Waals surface area contributed by atoms with Crippen LogP contribution in [-0.2, 0) is 11.0 Å². The molecule has 5 nitrogen and oxygen atoms in total. The first kappa shape index (κ1) is 15.5. The molecule has 0 spiro atoms. The highest BCUT2D eigenvalue weighted by molar-refractivity contribution is 6.20. The van der Waals surface area contributed by atoms with Crippen molar-refractivity contribution in [2.24, 2.45) is 10.8 Å². The molecule has 0 atom stereocenters. The van der Waals surface area contributed by atoms with Crippen LogP contribution < -0.4 is 11.2 Å². The molecule has 0 bridgehead atoms. The number of halogens is 3. The zero-order chi connectivity index (χ0) is 15.3. The molecule has 8 heteroatoms. The summed E-state index contributed by atoms with van der Waals surface area (Å²) in [4.78, 5) is 10.9. The summed E-state index contributed by atoms with van der Waals surface area (Å²) < 4.78 is 37.0. The third kappa shape index (κ3) is 4.01. The Morgan fingerprint density at radius 2 is 1.90 bits per heavy atom. The molecule has 1 aromatic carbocycles. The SMILES string of the molecule is CC(=NNc1ccc(C(F)(F)F)cc1)C(=CO)C(N)=O. The van der Waals surface area contributed by atoms with Crippen molar-refractivity contribution in [3.63, 3.8) is 0 Å². The molecule has 0 aromatic heterocycles. The number of carbonyl (C=O) groups excluding carboxylic acids is 1. The Morgan fingerprint density at radius 1 is 1.35 bits per heavy atom. The van der Waals surface area contributed by atoms with Gasteiger partial charge in [-0.15, -0.1) is 0 Å². The van der Waals surface area contributed by atoms with E-state index in [-0.39, 0.29) is 11.3 Å². The minimum atomic E-state index is -4.41. The second-order valence-electron chi connectivity index (χ2n) is 3.79. The second kappa shape index (κ2) is 6.09. The lowest BCUT2D eigenvalue weighted by Crippen LogP contribution is -2.19. The predicted molar refractivity (Wildman–Crippen MR) is 68.1 cm³/mol. The van der Waals surface area contributed by atoms with Gasteiger partial charge in [-0.25, -0.2) is 0 Å². The number of nitrogens with zero attached hydrogens (tertiary/aromatic N) is 1. The van der Waals surface area contributed by atoms with Crippen molar-refractivity contribution in [2.75, 3.05) is 5.43 Å². The van der Waals surface area contributed by atoms with Gasteiger partial charge < -0.3 is 10.8 Å². The zero-order valence-electron chi connectivity index (χ0n) is 10.4. The highest BCUT2D eigenvalue weighted by atomic mass is 19.4. The third-order valence-electron chi connectivity index (χ3n) is 2.35. The standard InChI is InChI=1S/C12H12F3N3O2/c1-7(10(6-19)11(16)20)17-18-9-4-2-8(3-5-9)12(13,14)15/h2-6,18-19H,1H3,(H2,16,20). The number of aliphatic hydroxyl groups is 1. The first-order valence-electron chi connectivity index (χ1n) is 5.38. The summed E-state index contributed by atoms with van der Waals surface area (Å²) in [6.45, 7) is 1.41. The van der Waals surface area contributed by atoms with Crippen LogP contribution in [0.25, 0.3) is 0 Å². The molecule has 0 aliphatic carbocycles. The van der Waals surface area contributed by atoms with Crippen molar-refractivity contribution in [2.45, 2.75) is 13.1 Å². The average molecular weight is 287 g/mol. The van der Waals surface area contributed by atoms with E-state index in [1.807, 2.05) is 0 Å². The molecule has 0 saturated heterocycles. The van der Waals surface area contributed by atoms with Crippen LogP contribution in [0, 0.1) is 0 Å². The van der Waals surface area contributed by atoms with Crippen molar-refractivity contribution >= 4 is 17.3 Å². The Hall–Kier alpha value is -2.51. The van der Waals surface area contributed by atoms with Crippen LogP contribution in [-0.4, -0.2) is 16.7 Å². The van der Waals surface area contributed by atoms with Gasteiger partial charge in [-0.05, 0) is 31.2 Å². The van der Waals surface area contributed by atoms with Gasteiger partial charge in [0.05, 0.1) is 28.8 Å². The lowest BCUT2D eigenvalue weighted by atomic mass is 10.2. The number of primary amides is 1. The molecule has 20 heavy (non-hydrogen) atoms. The molecule has 4 N–H and O–H groups in total. The molecule has 0 aliphatic rings. The largest absolute Gasteiger partial charge is 0.515 e. The van der Waals surface area contributed by atoms with Gasteiger partial charge in [-0.3, -0.25) is 10.2 Å². The molecule has 1 aromatic rings. The number of aliphatic hydroxyl groups excluding tert-OH is 1. The van der Waals surface area contributed by atoms with Crippen molar-refractivity contribution in [1.82, 2.24) is 0 Å². The van der Waals surface area contributed by atoms with E-state index < -0.39 is 17.6 Å². The summed E-state index contributed by atoms with van der Waals surface area (Å²) in [6, 6.07) is 4.16. The van der Waals surface area contributed by atoms with E-state index in [2.05, 4.69) is 10.5 Å². The number of hydrogen-bond acceptors (Lipinski definition) is 4. The maximum atomic E-state index is 12.3. The Morgan fingerprint density at radius 3 is 2.30 bits per heavy atom. The lowest BCUT2D eigenvalue weighted by Gasteiger charge is -2.08. The summed E-state index contributed by atoms with van der Waals surface area (Å²) in [5.41, 5.74) is 6.84. The third-order valence-corrected chi connectivity index (χ3v) is 2.35. The van der Waals surface area contributed by atoms with Gasteiger partial charge in [0.15, 0.2) is 0 Å². The number of alkyl halides is 3. The molecule has 0 radical (unpaired) electrons. The Kier molecular flexibility index (Phi) is 4.73. The molecule has 108 valence electrons. The fourth-order valence-electron chi connectivity index (χ4n) is 1.28. The van der Waals surface area contributed by atoms with Crippen LogP contribution in [0.4, 0.5) is 18.9 Å². The fraction of sp³-hybridized carbons (Fsp3) is 0.167. The van der Waals surface area contributed by atoms with Gasteiger partial charge in [-0.1, -0.05) is 0 Å². The van der Waals surface area contributed by atoms with Gasteiger partial charge >= 0.3 is 6.18 Å². The average Bonchev–Trinajstić information content (AvgIpc) is 2.36. The Labute approximate surface area is 112 Å². The minimum absolute atomic E-state index is 0.0971. The number of benzene rings is 1. The molecule has 1 amide bonds. The summed E-state index contributed by atoms with van der Waals surface area (Å²) in [6.07, 6.45) is -3.90. The van der Waals surface area contributed by atoms with Crippen molar-refractivity contribution in [3.8, 4) is 0 Å². The molecular weight excluding hydrogens is 275 g/mol. The van der Waals surface area contributed by atoms with E-state index in [0.717, 1.165) is 12.1 Å². The number of rotatable bonds is 4. The summed E-state index contributed by atoms with van der Waals surface area (Å²) in [5.74, 6) is -0.872. The van der Waals surface area contributed by atoms with Crippen molar-refractivity contribution in [3.05, 3.63) is 41.7 Å². The number of hydrazone groups is 1. The first-order chi connectivity index (χ1) is 9.25. The van der Waals surface area contributed by atoms with Gasteiger partial charge in [0, 0.05) is 0 Å². The number of hydrogen-bond donors (Lipinski definition) is 3. The van der Waals surface area contributed by atoms with Crippen LogP contribution in [0.3, 0.4) is 0 Å². The summed E-state index contributed by atoms with van der Waals surface area (Å²) >= 11 is 0. The quantitative estimate of drug-likeness (QED) is 0.344. The van der Waals surface area contributed by atoms with Crippen LogP contribution in [0.15, 0.2) is 41.2 Å². The fourth-order valence-corrected chi connectivity index (χ4v) is 1.28. The van der Waals surface area contributed by atoms with Gasteiger partial charge in [0.1, 0.15) is 0 Å². The van der Waals surface area contributed by atoms with E-state index in [0.29, 0.717) is 11.9 Å². The first-order valence-corrected chi connectivity index (χ1v) is 5.38. The van der Waals surface area contributed by atoms with Crippen LogP contribution >= 0.6 is 0 Å². The molecule has 0 fully saturated rings. The Bertz CT molecular complexity index is 548. The smallest absolute Gasteiger partial charge is 0.416 e. The maximum Gasteiger partial charge on any atom is 0.416 e.